The van der Waals surface area contributed by atoms with Gasteiger partial charge in [-0.3, -0.25) is 0 Å². The number of aldehydes is 1. The fraction of sp³-hybridized carbons (Fsp3) is 0.850. The van der Waals surface area contributed by atoms with Gasteiger partial charge in [0, 0.05) is 0 Å². The summed E-state index contributed by atoms with van der Waals surface area (Å²) in [7, 11) is 0. The zero-order valence-electron chi connectivity index (χ0n) is 15.3. The van der Waals surface area contributed by atoms with E-state index in [0.29, 0.717) is 18.8 Å². The molecule has 3 aliphatic carbocycles. The molecular formula is C20H32O5. The Morgan fingerprint density at radius 3 is 2.52 bits per heavy atom. The van der Waals surface area contributed by atoms with Crippen LogP contribution in [0.25, 0.3) is 0 Å². The summed E-state index contributed by atoms with van der Waals surface area (Å²) < 4.78 is 0. The number of fused-ring (bicyclic) bond motifs is 3. The molecule has 0 spiro atoms. The summed E-state index contributed by atoms with van der Waals surface area (Å²) in [6.07, 6.45) is 7.20. The highest BCUT2D eigenvalue weighted by molar-refractivity contribution is 5.61. The molecule has 5 nitrogen and oxygen atoms in total. The van der Waals surface area contributed by atoms with Crippen molar-refractivity contribution in [2.45, 2.75) is 64.1 Å². The van der Waals surface area contributed by atoms with Crippen molar-refractivity contribution >= 4 is 6.29 Å². The van der Waals surface area contributed by atoms with Crippen LogP contribution in [0.15, 0.2) is 11.6 Å². The Kier molecular flexibility index (Phi) is 4.91. The summed E-state index contributed by atoms with van der Waals surface area (Å²) in [5.41, 5.74) is -0.868. The van der Waals surface area contributed by atoms with Crippen molar-refractivity contribution < 1.29 is 25.2 Å². The SMILES string of the molecule is C[C@@]1(C=O)[C@H](O)CC[C@@]2(C)[C@@H]3CC[C@@H](C(O)(CO)CO)CC3=CC[C@H]12. The molecule has 3 aliphatic rings. The molecule has 0 aliphatic heterocycles. The standard InChI is InChI=1S/C20H32O5/c1-18-8-7-17(24)19(2,10-21)16(18)6-3-13-9-14(4-5-15(13)18)20(25,11-22)12-23/h3,10,14-17,22-25H,4-9,11-12H2,1-2H3/t14-,15-,16+,17-,18+,19+/m1/s1. The van der Waals surface area contributed by atoms with Crippen LogP contribution in [0.1, 0.15) is 52.4 Å². The summed E-state index contributed by atoms with van der Waals surface area (Å²) in [5, 5.41) is 39.9. The number of aliphatic hydroxyl groups is 4. The van der Waals surface area contributed by atoms with Crippen LogP contribution >= 0.6 is 0 Å². The first-order valence-corrected chi connectivity index (χ1v) is 9.52. The van der Waals surface area contributed by atoms with Gasteiger partial charge >= 0.3 is 0 Å². The predicted octanol–water partition coefficient (Wildman–Crippen LogP) is 1.43. The van der Waals surface area contributed by atoms with E-state index >= 15 is 0 Å². The molecule has 0 aromatic heterocycles. The van der Waals surface area contributed by atoms with Crippen LogP contribution in [-0.2, 0) is 4.79 Å². The molecule has 5 heteroatoms. The number of carbonyl (C=O) groups is 1. The topological polar surface area (TPSA) is 98.0 Å². The Bertz CT molecular complexity index is 554. The van der Waals surface area contributed by atoms with Crippen molar-refractivity contribution in [3.8, 4) is 0 Å². The summed E-state index contributed by atoms with van der Waals surface area (Å²) >= 11 is 0. The van der Waals surface area contributed by atoms with Gasteiger partial charge in [0.2, 0.25) is 0 Å². The molecule has 0 bridgehead atoms. The lowest BCUT2D eigenvalue weighted by atomic mass is 9.45. The fourth-order valence-corrected chi connectivity index (χ4v) is 6.07. The molecule has 3 rings (SSSR count). The molecule has 0 radical (unpaired) electrons. The third-order valence-corrected chi connectivity index (χ3v) is 7.93. The second-order valence-electron chi connectivity index (χ2n) is 9.06. The molecule has 0 unspecified atom stereocenters. The Labute approximate surface area is 149 Å². The number of carbonyl (C=O) groups excluding carboxylic acids is 1. The van der Waals surface area contributed by atoms with Crippen LogP contribution in [0, 0.1) is 28.6 Å². The highest BCUT2D eigenvalue weighted by atomic mass is 16.4. The van der Waals surface area contributed by atoms with Gasteiger partial charge in [0.1, 0.15) is 11.9 Å². The number of aliphatic hydroxyl groups excluding tert-OH is 3. The minimum atomic E-state index is -1.43. The average Bonchev–Trinajstić information content (AvgIpc) is 2.64. The van der Waals surface area contributed by atoms with Crippen LogP contribution in [0.3, 0.4) is 0 Å². The second-order valence-corrected chi connectivity index (χ2v) is 9.06. The van der Waals surface area contributed by atoms with Crippen LogP contribution in [0.2, 0.25) is 0 Å². The van der Waals surface area contributed by atoms with E-state index < -0.39 is 30.3 Å². The summed E-state index contributed by atoms with van der Waals surface area (Å²) in [4.78, 5) is 11.8. The average molecular weight is 352 g/mol. The lowest BCUT2D eigenvalue weighted by molar-refractivity contribution is -0.152. The lowest BCUT2D eigenvalue weighted by Crippen LogP contribution is -2.57. The van der Waals surface area contributed by atoms with Crippen molar-refractivity contribution in [1.82, 2.24) is 0 Å². The maximum Gasteiger partial charge on any atom is 0.128 e. The summed E-state index contributed by atoms with van der Waals surface area (Å²) in [6, 6.07) is 0. The van der Waals surface area contributed by atoms with Crippen LogP contribution in [0.4, 0.5) is 0 Å². The quantitative estimate of drug-likeness (QED) is 0.453. The van der Waals surface area contributed by atoms with Crippen molar-refractivity contribution in [2.24, 2.45) is 28.6 Å². The first-order chi connectivity index (χ1) is 11.7. The van der Waals surface area contributed by atoms with Gasteiger partial charge < -0.3 is 25.2 Å². The molecule has 4 N–H and O–H groups in total. The van der Waals surface area contributed by atoms with Crippen LogP contribution in [-0.4, -0.2) is 51.6 Å². The molecule has 0 amide bonds. The smallest absolute Gasteiger partial charge is 0.128 e. The van der Waals surface area contributed by atoms with Crippen molar-refractivity contribution in [1.29, 1.82) is 0 Å². The summed E-state index contributed by atoms with van der Waals surface area (Å²) in [5.74, 6) is 0.328. The molecule has 25 heavy (non-hydrogen) atoms. The monoisotopic (exact) mass is 352 g/mol. The van der Waals surface area contributed by atoms with E-state index in [2.05, 4.69) is 13.0 Å². The van der Waals surface area contributed by atoms with E-state index in [1.54, 1.807) is 0 Å². The summed E-state index contributed by atoms with van der Waals surface area (Å²) in [6.45, 7) is 3.30. The van der Waals surface area contributed by atoms with E-state index in [0.717, 1.165) is 32.0 Å². The third-order valence-electron chi connectivity index (χ3n) is 7.93. The van der Waals surface area contributed by atoms with Gasteiger partial charge in [-0.15, -0.1) is 0 Å². The zero-order chi connectivity index (χ0) is 18.5. The van der Waals surface area contributed by atoms with Gasteiger partial charge in [0.05, 0.1) is 24.7 Å². The van der Waals surface area contributed by atoms with Gasteiger partial charge in [-0.1, -0.05) is 25.5 Å². The van der Waals surface area contributed by atoms with Crippen molar-refractivity contribution in [3.05, 3.63) is 11.6 Å². The molecule has 0 aromatic rings. The first kappa shape index (κ1) is 19.0. The number of hydrogen-bond acceptors (Lipinski definition) is 5. The second kappa shape index (κ2) is 6.45. The first-order valence-electron chi connectivity index (χ1n) is 9.52. The Balaban J connectivity index is 1.90. The predicted molar refractivity (Wildman–Crippen MR) is 93.7 cm³/mol. The largest absolute Gasteiger partial charge is 0.393 e. The number of hydrogen-bond donors (Lipinski definition) is 4. The maximum atomic E-state index is 11.8. The van der Waals surface area contributed by atoms with Gasteiger partial charge in [0.25, 0.3) is 0 Å². The fourth-order valence-electron chi connectivity index (χ4n) is 6.07. The highest BCUT2D eigenvalue weighted by Crippen LogP contribution is 2.62. The van der Waals surface area contributed by atoms with Gasteiger partial charge in [-0.2, -0.15) is 0 Å². The van der Waals surface area contributed by atoms with Crippen LogP contribution in [0.5, 0.6) is 0 Å². The minimum Gasteiger partial charge on any atom is -0.393 e. The van der Waals surface area contributed by atoms with Crippen LogP contribution < -0.4 is 0 Å². The van der Waals surface area contributed by atoms with E-state index in [1.807, 2.05) is 6.92 Å². The van der Waals surface area contributed by atoms with E-state index in [9.17, 15) is 25.2 Å². The van der Waals surface area contributed by atoms with E-state index in [4.69, 9.17) is 0 Å². The van der Waals surface area contributed by atoms with Gasteiger partial charge in [-0.05, 0) is 61.7 Å². The molecule has 2 saturated carbocycles. The molecular weight excluding hydrogens is 320 g/mol. The minimum absolute atomic E-state index is 0.0273. The molecule has 0 aromatic carbocycles. The Morgan fingerprint density at radius 2 is 1.92 bits per heavy atom. The third kappa shape index (κ3) is 2.71. The van der Waals surface area contributed by atoms with E-state index in [-0.39, 0.29) is 17.3 Å². The maximum absolute atomic E-state index is 11.8. The molecule has 0 saturated heterocycles. The Morgan fingerprint density at radius 1 is 1.24 bits per heavy atom. The zero-order valence-corrected chi connectivity index (χ0v) is 15.3. The number of rotatable bonds is 4. The lowest BCUT2D eigenvalue weighted by Gasteiger charge is -2.59. The van der Waals surface area contributed by atoms with Crippen molar-refractivity contribution in [3.63, 3.8) is 0 Å². The number of allylic oxidation sites excluding steroid dienone is 2. The molecule has 6 atom stereocenters. The molecule has 2 fully saturated rings. The Hall–Kier alpha value is -0.750. The van der Waals surface area contributed by atoms with Crippen molar-refractivity contribution in [2.75, 3.05) is 13.2 Å². The normalized spacial score (nSPS) is 44.5. The highest BCUT2D eigenvalue weighted by Gasteiger charge is 2.58. The molecule has 142 valence electrons. The van der Waals surface area contributed by atoms with Gasteiger partial charge in [-0.25, -0.2) is 0 Å². The van der Waals surface area contributed by atoms with E-state index in [1.165, 1.54) is 5.57 Å². The molecule has 0 heterocycles. The van der Waals surface area contributed by atoms with Gasteiger partial charge in [0.15, 0.2) is 0 Å².